The molecule has 124 valence electrons. The highest BCUT2D eigenvalue weighted by atomic mass is 15.0. The van der Waals surface area contributed by atoms with Crippen LogP contribution in [0.3, 0.4) is 0 Å². The van der Waals surface area contributed by atoms with E-state index in [1.54, 1.807) is 0 Å². The van der Waals surface area contributed by atoms with E-state index in [1.807, 2.05) is 66.8 Å². The molecule has 0 saturated carbocycles. The number of fused-ring (bicyclic) bond motifs is 6. The van der Waals surface area contributed by atoms with Crippen LogP contribution in [0.4, 0.5) is 0 Å². The summed E-state index contributed by atoms with van der Waals surface area (Å²) in [6.07, 6.45) is 17.5. The van der Waals surface area contributed by atoms with E-state index in [1.165, 1.54) is 0 Å². The summed E-state index contributed by atoms with van der Waals surface area (Å²) >= 11 is 0. The molecular weight excluding hydrogens is 324 g/mol. The number of aromatic amines is 1. The van der Waals surface area contributed by atoms with Gasteiger partial charge in [-0.3, -0.25) is 0 Å². The summed E-state index contributed by atoms with van der Waals surface area (Å²) in [6.45, 7) is 0. The number of hydrogen-bond acceptors (Lipinski definition) is 3. The van der Waals surface area contributed by atoms with Crippen molar-refractivity contribution in [3.05, 3.63) is 88.0 Å². The lowest BCUT2D eigenvalue weighted by Gasteiger charge is -2.04. The molecule has 5 heterocycles. The summed E-state index contributed by atoms with van der Waals surface area (Å²) in [5.74, 6) is 0. The Bertz CT molecular complexity index is 1200. The monoisotopic (exact) mass is 338 g/mol. The van der Waals surface area contributed by atoms with Crippen LogP contribution in [0.5, 0.6) is 0 Å². The number of allylic oxidation sites excluding steroid dienone is 6. The van der Waals surface area contributed by atoms with Gasteiger partial charge in [-0.15, -0.1) is 0 Å². The lowest BCUT2D eigenvalue weighted by Crippen LogP contribution is -2.27. The predicted octanol–water partition coefficient (Wildman–Crippen LogP) is 0.905. The molecule has 0 aromatic carbocycles. The van der Waals surface area contributed by atoms with Gasteiger partial charge in [0, 0.05) is 22.5 Å². The minimum atomic E-state index is -0.230. The maximum atomic E-state index is 9.31. The maximum absolute atomic E-state index is 9.31. The normalized spacial score (nSPS) is 29.0. The Morgan fingerprint density at radius 2 is 1.58 bits per heavy atom. The number of nitrogens with one attached hydrogen (secondary N) is 2. The number of hydrogen-bond donors (Lipinski definition) is 2. The van der Waals surface area contributed by atoms with Gasteiger partial charge in [0.2, 0.25) is 0 Å². The zero-order valence-corrected chi connectivity index (χ0v) is 13.7. The van der Waals surface area contributed by atoms with E-state index in [0.717, 1.165) is 39.2 Å². The molecule has 4 aliphatic heterocycles. The van der Waals surface area contributed by atoms with Crippen LogP contribution in [0.25, 0.3) is 17.7 Å². The van der Waals surface area contributed by atoms with Crippen molar-refractivity contribution in [2.75, 3.05) is 0 Å². The third-order valence-corrected chi connectivity index (χ3v) is 4.40. The largest absolute Gasteiger partial charge is 0.368 e. The smallest absolute Gasteiger partial charge is 0.320 e. The fraction of sp³-hybridized carbons (Fsp3) is 0.0500. The molecule has 8 bridgehead atoms. The van der Waals surface area contributed by atoms with Gasteiger partial charge in [-0.25, -0.2) is 9.98 Å². The lowest BCUT2D eigenvalue weighted by molar-refractivity contribution is -0.00635. The molecule has 6 heteroatoms. The van der Waals surface area contributed by atoms with Crippen molar-refractivity contribution >= 4 is 29.3 Å². The average Bonchev–Trinajstić information content (AvgIpc) is 3.39. The van der Waals surface area contributed by atoms with E-state index in [9.17, 15) is 5.53 Å². The molecule has 0 aliphatic carbocycles. The minimum absolute atomic E-state index is 0.230. The molecule has 4 aliphatic rings. The molecule has 1 aromatic rings. The number of nitrogens with zero attached hydrogens (tertiary/aromatic N) is 4. The van der Waals surface area contributed by atoms with Crippen molar-refractivity contribution in [2.24, 2.45) is 9.98 Å². The molecule has 0 fully saturated rings. The SMILES string of the molecule is [N-]=[N+]=C1C=C2/C=c3/cc/c([nH]3)=C/C3=NC(=C\C4=NC(=C\C1N2)/C=C4)/C=C3. The molecular formula is C20H14N6. The van der Waals surface area contributed by atoms with Gasteiger partial charge >= 0.3 is 5.71 Å². The number of rotatable bonds is 0. The van der Waals surface area contributed by atoms with E-state index >= 15 is 0 Å². The van der Waals surface area contributed by atoms with Crippen LogP contribution >= 0.6 is 0 Å². The topological polar surface area (TPSA) is 88.9 Å². The average molecular weight is 338 g/mol. The highest BCUT2D eigenvalue weighted by molar-refractivity contribution is 6.19. The van der Waals surface area contributed by atoms with Crippen LogP contribution < -0.4 is 16.0 Å². The highest BCUT2D eigenvalue weighted by Gasteiger charge is 2.27. The van der Waals surface area contributed by atoms with Gasteiger partial charge in [-0.2, -0.15) is 4.79 Å². The summed E-state index contributed by atoms with van der Waals surface area (Å²) in [4.78, 5) is 15.9. The molecule has 0 saturated heterocycles. The molecule has 1 unspecified atom stereocenters. The second-order valence-electron chi connectivity index (χ2n) is 6.30. The Kier molecular flexibility index (Phi) is 3.17. The Morgan fingerprint density at radius 1 is 0.846 bits per heavy atom. The second kappa shape index (κ2) is 5.65. The third-order valence-electron chi connectivity index (χ3n) is 4.40. The van der Waals surface area contributed by atoms with Gasteiger partial charge in [0.05, 0.1) is 22.8 Å². The number of aliphatic imine (C=N–C) groups is 2. The molecule has 6 nitrogen and oxygen atoms in total. The van der Waals surface area contributed by atoms with Gasteiger partial charge in [0.1, 0.15) is 6.04 Å². The first kappa shape index (κ1) is 14.6. The number of aromatic nitrogens is 1. The van der Waals surface area contributed by atoms with Crippen molar-refractivity contribution in [3.63, 3.8) is 0 Å². The van der Waals surface area contributed by atoms with Crippen molar-refractivity contribution < 1.29 is 4.79 Å². The predicted molar refractivity (Wildman–Crippen MR) is 102 cm³/mol. The molecule has 5 rings (SSSR count). The van der Waals surface area contributed by atoms with E-state index in [0.29, 0.717) is 5.71 Å². The van der Waals surface area contributed by atoms with Crippen LogP contribution in [-0.2, 0) is 0 Å². The fourth-order valence-corrected chi connectivity index (χ4v) is 3.22. The summed E-state index contributed by atoms with van der Waals surface area (Å²) in [5, 5.41) is 5.26. The van der Waals surface area contributed by atoms with Crippen LogP contribution in [-0.4, -0.2) is 33.0 Å². The summed E-state index contributed by atoms with van der Waals surface area (Å²) in [7, 11) is 0. The van der Waals surface area contributed by atoms with E-state index < -0.39 is 0 Å². The summed E-state index contributed by atoms with van der Waals surface area (Å²) < 4.78 is 0. The first-order valence-electron chi connectivity index (χ1n) is 8.31. The Labute approximate surface area is 149 Å². The quantitative estimate of drug-likeness (QED) is 0.534. The van der Waals surface area contributed by atoms with E-state index in [-0.39, 0.29) is 6.04 Å². The third kappa shape index (κ3) is 2.64. The van der Waals surface area contributed by atoms with Gasteiger partial charge in [-0.1, -0.05) is 0 Å². The van der Waals surface area contributed by atoms with Crippen LogP contribution in [0.2, 0.25) is 0 Å². The van der Waals surface area contributed by atoms with Gasteiger partial charge < -0.3 is 15.8 Å². The zero-order chi connectivity index (χ0) is 17.5. The molecule has 2 N–H and O–H groups in total. The molecule has 1 atom stereocenters. The van der Waals surface area contributed by atoms with Crippen molar-refractivity contribution in [2.45, 2.75) is 6.04 Å². The van der Waals surface area contributed by atoms with Crippen LogP contribution in [0.1, 0.15) is 0 Å². The molecule has 0 amide bonds. The second-order valence-corrected chi connectivity index (χ2v) is 6.30. The Morgan fingerprint density at radius 3 is 2.42 bits per heavy atom. The maximum Gasteiger partial charge on any atom is 0.320 e. The fourth-order valence-electron chi connectivity index (χ4n) is 3.22. The zero-order valence-electron chi connectivity index (χ0n) is 13.7. The van der Waals surface area contributed by atoms with Crippen molar-refractivity contribution in [1.82, 2.24) is 10.3 Å². The van der Waals surface area contributed by atoms with Gasteiger partial charge in [0.15, 0.2) is 0 Å². The minimum Gasteiger partial charge on any atom is -0.368 e. The molecule has 0 spiro atoms. The Hall–Kier alpha value is -3.76. The Balaban J connectivity index is 1.69. The number of H-pyrrole nitrogens is 1. The summed E-state index contributed by atoms with van der Waals surface area (Å²) in [5.41, 5.74) is 14.2. The first-order valence-corrected chi connectivity index (χ1v) is 8.31. The van der Waals surface area contributed by atoms with E-state index in [2.05, 4.69) is 25.1 Å². The van der Waals surface area contributed by atoms with E-state index in [4.69, 9.17) is 0 Å². The van der Waals surface area contributed by atoms with Crippen molar-refractivity contribution in [1.29, 1.82) is 0 Å². The van der Waals surface area contributed by atoms with Gasteiger partial charge in [-0.05, 0) is 60.7 Å². The molecule has 26 heavy (non-hydrogen) atoms. The lowest BCUT2D eigenvalue weighted by atomic mass is 10.2. The first-order chi connectivity index (χ1) is 12.7. The van der Waals surface area contributed by atoms with Gasteiger partial charge in [0.25, 0.3) is 0 Å². The molecule has 1 aromatic heterocycles. The molecule has 0 radical (unpaired) electrons. The highest BCUT2D eigenvalue weighted by Crippen LogP contribution is 2.17. The standard InChI is InChI=1S/C20H14N6/c21-26-20-11-18-9-16-4-3-14(23-16)7-12-1-2-13(22-12)8-15-5-6-17(24-15)10-19(20)25-18/h1-11,19,23,25H/b13-8-,14-7-,16-9-,17-10-. The van der Waals surface area contributed by atoms with Crippen LogP contribution in [0.15, 0.2) is 81.7 Å². The van der Waals surface area contributed by atoms with Crippen molar-refractivity contribution in [3.8, 4) is 0 Å². The summed E-state index contributed by atoms with van der Waals surface area (Å²) in [6, 6.07) is 3.78. The van der Waals surface area contributed by atoms with Crippen LogP contribution in [0, 0.1) is 0 Å².